The van der Waals surface area contributed by atoms with Crippen LogP contribution in [0.5, 0.6) is 0 Å². The summed E-state index contributed by atoms with van der Waals surface area (Å²) in [6, 6.07) is 0. The summed E-state index contributed by atoms with van der Waals surface area (Å²) in [5.74, 6) is -0.141. The number of amides is 1. The minimum atomic E-state index is -0.141. The molecule has 1 N–H and O–H groups in total. The molecule has 0 bridgehead atoms. The van der Waals surface area contributed by atoms with Crippen LogP contribution in [0.15, 0.2) is 11.1 Å². The number of aromatic nitrogens is 2. The lowest BCUT2D eigenvalue weighted by Gasteiger charge is -2.01. The van der Waals surface area contributed by atoms with Crippen molar-refractivity contribution in [2.45, 2.75) is 13.3 Å². The zero-order valence-electron chi connectivity index (χ0n) is 7.71. The number of rotatable bonds is 4. The van der Waals surface area contributed by atoms with Crippen LogP contribution in [-0.2, 0) is 6.42 Å². The van der Waals surface area contributed by atoms with Crippen molar-refractivity contribution in [3.8, 4) is 0 Å². The molecule has 1 rings (SSSR count). The molecule has 0 atom stereocenters. The number of halogens is 1. The smallest absolute Gasteiger partial charge is 0.265 e. The number of aryl methyl sites for hydroxylation is 1. The Balaban J connectivity index is 2.64. The fraction of sp³-hybridized carbons (Fsp3) is 0.375. The van der Waals surface area contributed by atoms with Crippen molar-refractivity contribution in [3.05, 3.63) is 21.6 Å². The second-order valence-corrected chi connectivity index (χ2v) is 4.48. The Morgan fingerprint density at radius 2 is 2.43 bits per heavy atom. The summed E-state index contributed by atoms with van der Waals surface area (Å²) in [5, 5.41) is 6.56. The Bertz CT molecular complexity index is 350. The molecule has 76 valence electrons. The third kappa shape index (κ3) is 2.88. The third-order valence-corrected chi connectivity index (χ3v) is 2.58. The maximum Gasteiger partial charge on any atom is 0.265 e. The van der Waals surface area contributed by atoms with Crippen LogP contribution >= 0.6 is 27.5 Å². The van der Waals surface area contributed by atoms with Crippen LogP contribution in [0.25, 0.3) is 0 Å². The van der Waals surface area contributed by atoms with Gasteiger partial charge in [-0.3, -0.25) is 4.79 Å². The fourth-order valence-corrected chi connectivity index (χ4v) is 1.68. The van der Waals surface area contributed by atoms with Crippen LogP contribution in [0.1, 0.15) is 22.3 Å². The van der Waals surface area contributed by atoms with Crippen molar-refractivity contribution in [3.63, 3.8) is 0 Å². The molecule has 0 aliphatic carbocycles. The Labute approximate surface area is 94.7 Å². The third-order valence-electron chi connectivity index (χ3n) is 1.54. The van der Waals surface area contributed by atoms with Gasteiger partial charge in [0.25, 0.3) is 5.91 Å². The van der Waals surface area contributed by atoms with Gasteiger partial charge in [0, 0.05) is 11.0 Å². The highest BCUT2D eigenvalue weighted by atomic mass is 79.9. The molecule has 14 heavy (non-hydrogen) atoms. The maximum atomic E-state index is 11.5. The van der Waals surface area contributed by atoms with Gasteiger partial charge in [0.15, 0.2) is 0 Å². The largest absolute Gasteiger partial charge is 0.347 e. The first-order valence-electron chi connectivity index (χ1n) is 4.07. The monoisotopic (exact) mass is 275 g/mol. The summed E-state index contributed by atoms with van der Waals surface area (Å²) in [5.41, 5.74) is 0.743. The van der Waals surface area contributed by atoms with Crippen molar-refractivity contribution in [2.75, 3.05) is 6.54 Å². The molecule has 6 heteroatoms. The lowest BCUT2D eigenvalue weighted by Crippen LogP contribution is -2.24. The van der Waals surface area contributed by atoms with E-state index in [9.17, 15) is 4.79 Å². The molecule has 0 fully saturated rings. The van der Waals surface area contributed by atoms with Crippen LogP contribution in [-0.4, -0.2) is 22.0 Å². The molecule has 1 aromatic rings. The summed E-state index contributed by atoms with van der Waals surface area (Å²) < 4.78 is 4.48. The molecule has 0 saturated heterocycles. The minimum absolute atomic E-state index is 0.141. The topological polar surface area (TPSA) is 54.9 Å². The Morgan fingerprint density at radius 1 is 1.71 bits per heavy atom. The van der Waals surface area contributed by atoms with Crippen molar-refractivity contribution in [1.82, 2.24) is 14.9 Å². The fourth-order valence-electron chi connectivity index (χ4n) is 0.869. The maximum absolute atomic E-state index is 11.5. The van der Waals surface area contributed by atoms with Gasteiger partial charge in [0.1, 0.15) is 4.88 Å². The minimum Gasteiger partial charge on any atom is -0.347 e. The van der Waals surface area contributed by atoms with Gasteiger partial charge in [-0.25, -0.2) is 0 Å². The van der Waals surface area contributed by atoms with E-state index in [1.54, 1.807) is 0 Å². The molecule has 0 aliphatic rings. The molecule has 0 spiro atoms. The Hall–Kier alpha value is -0.750. The average molecular weight is 276 g/mol. The molecular formula is C8H10BrN3OS. The first-order chi connectivity index (χ1) is 6.65. The number of carbonyl (C=O) groups excluding carboxylic acids is 1. The van der Waals surface area contributed by atoms with Gasteiger partial charge >= 0.3 is 0 Å². The summed E-state index contributed by atoms with van der Waals surface area (Å²) in [4.78, 5) is 12.1. The first-order valence-corrected chi connectivity index (χ1v) is 5.64. The normalized spacial score (nSPS) is 9.86. The average Bonchev–Trinajstić information content (AvgIpc) is 2.61. The summed E-state index contributed by atoms with van der Waals surface area (Å²) in [6.45, 7) is 5.98. The van der Waals surface area contributed by atoms with E-state index in [4.69, 9.17) is 0 Å². The summed E-state index contributed by atoms with van der Waals surface area (Å²) >= 11 is 4.28. The number of nitrogens with zero attached hydrogens (tertiary/aromatic N) is 2. The van der Waals surface area contributed by atoms with E-state index in [0.717, 1.165) is 21.7 Å². The van der Waals surface area contributed by atoms with Gasteiger partial charge in [0.05, 0.1) is 5.69 Å². The van der Waals surface area contributed by atoms with Gasteiger partial charge in [-0.15, -0.1) is 5.10 Å². The molecule has 1 aromatic heterocycles. The lowest BCUT2D eigenvalue weighted by molar-refractivity contribution is 0.0960. The predicted octanol–water partition coefficient (Wildman–Crippen LogP) is 1.74. The summed E-state index contributed by atoms with van der Waals surface area (Å²) in [6.07, 6.45) is 0.717. The van der Waals surface area contributed by atoms with E-state index in [1.165, 1.54) is 0 Å². The Kier molecular flexibility index (Phi) is 4.21. The standard InChI is InChI=1S/C8H10BrN3OS/c1-3-6-7(14-12-11-6)8(13)10-4-5(2)9/h2-4H2,1H3,(H,10,13). The number of carbonyl (C=O) groups is 1. The molecular weight excluding hydrogens is 266 g/mol. The zero-order chi connectivity index (χ0) is 10.6. The molecule has 0 aliphatic heterocycles. The van der Waals surface area contributed by atoms with Crippen LogP contribution in [0.4, 0.5) is 0 Å². The summed E-state index contributed by atoms with van der Waals surface area (Å²) in [7, 11) is 0. The van der Waals surface area contributed by atoms with Gasteiger partial charge in [-0.05, 0) is 18.0 Å². The molecule has 0 unspecified atom stereocenters. The van der Waals surface area contributed by atoms with Crippen LogP contribution in [0.3, 0.4) is 0 Å². The van der Waals surface area contributed by atoms with Gasteiger partial charge in [0.2, 0.25) is 0 Å². The van der Waals surface area contributed by atoms with E-state index in [2.05, 4.69) is 37.4 Å². The highest BCUT2D eigenvalue weighted by molar-refractivity contribution is 9.11. The van der Waals surface area contributed by atoms with Gasteiger partial charge < -0.3 is 5.32 Å². The number of hydrogen-bond acceptors (Lipinski definition) is 4. The number of nitrogens with one attached hydrogen (secondary N) is 1. The van der Waals surface area contributed by atoms with Gasteiger partial charge in [-0.2, -0.15) is 0 Å². The number of hydrogen-bond donors (Lipinski definition) is 1. The highest BCUT2D eigenvalue weighted by Crippen LogP contribution is 2.11. The van der Waals surface area contributed by atoms with E-state index < -0.39 is 0 Å². The van der Waals surface area contributed by atoms with Gasteiger partial charge in [-0.1, -0.05) is 33.9 Å². The quantitative estimate of drug-likeness (QED) is 0.911. The van der Waals surface area contributed by atoms with E-state index in [1.807, 2.05) is 6.92 Å². The first kappa shape index (κ1) is 11.3. The molecule has 1 heterocycles. The van der Waals surface area contributed by atoms with Crippen molar-refractivity contribution in [2.24, 2.45) is 0 Å². The second-order valence-electron chi connectivity index (χ2n) is 2.60. The van der Waals surface area contributed by atoms with E-state index in [-0.39, 0.29) is 5.91 Å². The second kappa shape index (κ2) is 5.21. The predicted molar refractivity (Wildman–Crippen MR) is 59.7 cm³/mol. The lowest BCUT2D eigenvalue weighted by atomic mass is 10.3. The van der Waals surface area contributed by atoms with Crippen molar-refractivity contribution < 1.29 is 4.79 Å². The SMILES string of the molecule is C=C(Br)CNC(=O)c1snnc1CC. The van der Waals surface area contributed by atoms with E-state index >= 15 is 0 Å². The Morgan fingerprint density at radius 3 is 3.00 bits per heavy atom. The molecule has 0 saturated carbocycles. The zero-order valence-corrected chi connectivity index (χ0v) is 10.1. The highest BCUT2D eigenvalue weighted by Gasteiger charge is 2.13. The molecule has 0 aromatic carbocycles. The van der Waals surface area contributed by atoms with Crippen molar-refractivity contribution >= 4 is 33.4 Å². The van der Waals surface area contributed by atoms with Crippen LogP contribution in [0.2, 0.25) is 0 Å². The molecule has 0 radical (unpaired) electrons. The van der Waals surface area contributed by atoms with Crippen LogP contribution in [0, 0.1) is 0 Å². The molecule has 4 nitrogen and oxygen atoms in total. The van der Waals surface area contributed by atoms with Crippen molar-refractivity contribution in [1.29, 1.82) is 0 Å². The molecule has 1 amide bonds. The van der Waals surface area contributed by atoms with E-state index in [0.29, 0.717) is 17.8 Å². The van der Waals surface area contributed by atoms with Crippen LogP contribution < -0.4 is 5.32 Å².